The fourth-order valence-corrected chi connectivity index (χ4v) is 2.72. The van der Waals surface area contributed by atoms with Gasteiger partial charge in [-0.05, 0) is 18.3 Å². The first-order valence-electron chi connectivity index (χ1n) is 5.89. The van der Waals surface area contributed by atoms with Crippen LogP contribution in [0.25, 0.3) is 0 Å². The van der Waals surface area contributed by atoms with Crippen molar-refractivity contribution in [1.82, 2.24) is 9.97 Å². The monoisotopic (exact) mass is 269 g/mol. The van der Waals surface area contributed by atoms with Crippen molar-refractivity contribution in [1.29, 1.82) is 0 Å². The molecule has 1 aromatic rings. The number of anilines is 1. The highest BCUT2D eigenvalue weighted by atomic mass is 35.5. The van der Waals surface area contributed by atoms with Gasteiger partial charge in [-0.3, -0.25) is 4.98 Å². The number of carboxylic acids is 1. The van der Waals surface area contributed by atoms with E-state index in [0.717, 1.165) is 12.8 Å². The zero-order chi connectivity index (χ0) is 13.3. The van der Waals surface area contributed by atoms with E-state index in [1.807, 2.05) is 13.8 Å². The first-order valence-corrected chi connectivity index (χ1v) is 6.26. The molecular formula is C12H16ClN3O2. The van der Waals surface area contributed by atoms with E-state index in [1.54, 1.807) is 11.1 Å². The third-order valence-electron chi connectivity index (χ3n) is 3.39. The Hall–Kier alpha value is -1.36. The van der Waals surface area contributed by atoms with E-state index in [9.17, 15) is 9.90 Å². The van der Waals surface area contributed by atoms with Crippen LogP contribution >= 0.6 is 11.6 Å². The maximum atomic E-state index is 11.5. The molecule has 0 amide bonds. The van der Waals surface area contributed by atoms with Gasteiger partial charge in [0.2, 0.25) is 0 Å². The number of rotatable bonds is 2. The van der Waals surface area contributed by atoms with Gasteiger partial charge in [-0.1, -0.05) is 25.4 Å². The molecule has 1 saturated heterocycles. The SMILES string of the molecule is CC1(C)CCCN(c2cncc(Cl)n2)C1C(=O)O. The lowest BCUT2D eigenvalue weighted by atomic mass is 9.76. The van der Waals surface area contributed by atoms with Gasteiger partial charge in [-0.25, -0.2) is 9.78 Å². The number of halogens is 1. The number of aromatic nitrogens is 2. The molecule has 0 bridgehead atoms. The summed E-state index contributed by atoms with van der Waals surface area (Å²) in [6.07, 6.45) is 4.82. The molecule has 1 aliphatic rings. The van der Waals surface area contributed by atoms with Crippen molar-refractivity contribution in [2.75, 3.05) is 11.4 Å². The summed E-state index contributed by atoms with van der Waals surface area (Å²) in [7, 11) is 0. The minimum absolute atomic E-state index is 0.278. The molecule has 18 heavy (non-hydrogen) atoms. The Morgan fingerprint density at radius 2 is 2.28 bits per heavy atom. The van der Waals surface area contributed by atoms with Gasteiger partial charge in [-0.15, -0.1) is 0 Å². The number of piperidine rings is 1. The van der Waals surface area contributed by atoms with Crippen LogP contribution in [0.1, 0.15) is 26.7 Å². The molecule has 2 heterocycles. The first kappa shape index (κ1) is 13.1. The van der Waals surface area contributed by atoms with Crippen molar-refractivity contribution < 1.29 is 9.90 Å². The number of carbonyl (C=O) groups is 1. The quantitative estimate of drug-likeness (QED) is 0.892. The van der Waals surface area contributed by atoms with Crippen molar-refractivity contribution >= 4 is 23.4 Å². The molecule has 0 spiro atoms. The fourth-order valence-electron chi connectivity index (χ4n) is 2.58. The van der Waals surface area contributed by atoms with Crippen LogP contribution in [0.3, 0.4) is 0 Å². The Kier molecular flexibility index (Phi) is 3.43. The second-order valence-electron chi connectivity index (χ2n) is 5.23. The Labute approximate surface area is 111 Å². The average Bonchev–Trinajstić information content (AvgIpc) is 2.26. The third-order valence-corrected chi connectivity index (χ3v) is 3.57. The van der Waals surface area contributed by atoms with Gasteiger partial charge in [0.05, 0.1) is 12.4 Å². The third kappa shape index (κ3) is 2.41. The molecule has 2 rings (SSSR count). The summed E-state index contributed by atoms with van der Waals surface area (Å²) in [5.74, 6) is -0.302. The van der Waals surface area contributed by atoms with Crippen LogP contribution in [0.15, 0.2) is 12.4 Å². The van der Waals surface area contributed by atoms with Crippen LogP contribution in [0, 0.1) is 5.41 Å². The van der Waals surface area contributed by atoms with E-state index in [-0.39, 0.29) is 10.6 Å². The molecule has 0 aliphatic carbocycles. The molecule has 5 nitrogen and oxygen atoms in total. The maximum Gasteiger partial charge on any atom is 0.326 e. The van der Waals surface area contributed by atoms with Crippen molar-refractivity contribution in [3.8, 4) is 0 Å². The molecule has 1 aliphatic heterocycles. The smallest absolute Gasteiger partial charge is 0.326 e. The fraction of sp³-hybridized carbons (Fsp3) is 0.583. The van der Waals surface area contributed by atoms with E-state index < -0.39 is 12.0 Å². The van der Waals surface area contributed by atoms with Crippen molar-refractivity contribution in [3.05, 3.63) is 17.5 Å². The summed E-state index contributed by atoms with van der Waals surface area (Å²) in [5.41, 5.74) is -0.298. The normalized spacial score (nSPS) is 22.8. The maximum absolute atomic E-state index is 11.5. The molecule has 1 aromatic heterocycles. The first-order chi connectivity index (χ1) is 8.42. The lowest BCUT2D eigenvalue weighted by molar-refractivity contribution is -0.142. The highest BCUT2D eigenvalue weighted by Crippen LogP contribution is 2.37. The van der Waals surface area contributed by atoms with Crippen LogP contribution in [0.5, 0.6) is 0 Å². The number of hydrogen-bond acceptors (Lipinski definition) is 4. The molecule has 0 aromatic carbocycles. The van der Waals surface area contributed by atoms with Crippen LogP contribution in [0.2, 0.25) is 5.15 Å². The van der Waals surface area contributed by atoms with Crippen LogP contribution in [-0.2, 0) is 4.79 Å². The molecule has 1 unspecified atom stereocenters. The van der Waals surface area contributed by atoms with Gasteiger partial charge in [0.1, 0.15) is 17.0 Å². The summed E-state index contributed by atoms with van der Waals surface area (Å²) in [6, 6.07) is -0.598. The molecule has 6 heteroatoms. The average molecular weight is 270 g/mol. The van der Waals surface area contributed by atoms with Crippen molar-refractivity contribution in [3.63, 3.8) is 0 Å². The molecule has 0 radical (unpaired) electrons. The van der Waals surface area contributed by atoms with E-state index >= 15 is 0 Å². The molecule has 0 saturated carbocycles. The Morgan fingerprint density at radius 3 is 2.89 bits per heavy atom. The van der Waals surface area contributed by atoms with Crippen LogP contribution in [0.4, 0.5) is 5.82 Å². The Morgan fingerprint density at radius 1 is 1.56 bits per heavy atom. The molecule has 98 valence electrons. The number of aliphatic carboxylic acids is 1. The molecule has 1 N–H and O–H groups in total. The summed E-state index contributed by atoms with van der Waals surface area (Å²) in [5, 5.41) is 9.73. The lowest BCUT2D eigenvalue weighted by Crippen LogP contribution is -2.54. The predicted molar refractivity (Wildman–Crippen MR) is 68.8 cm³/mol. The second kappa shape index (κ2) is 4.72. The van der Waals surface area contributed by atoms with Gasteiger partial charge in [0.15, 0.2) is 0 Å². The summed E-state index contributed by atoms with van der Waals surface area (Å²) in [6.45, 7) is 4.60. The minimum Gasteiger partial charge on any atom is -0.480 e. The number of carboxylic acid groups (broad SMARTS) is 1. The minimum atomic E-state index is -0.832. The summed E-state index contributed by atoms with van der Waals surface area (Å²) < 4.78 is 0. The zero-order valence-corrected chi connectivity index (χ0v) is 11.2. The highest BCUT2D eigenvalue weighted by Gasteiger charge is 2.43. The van der Waals surface area contributed by atoms with Crippen LogP contribution in [-0.4, -0.2) is 33.6 Å². The van der Waals surface area contributed by atoms with Gasteiger partial charge in [0.25, 0.3) is 0 Å². The van der Waals surface area contributed by atoms with E-state index in [2.05, 4.69) is 9.97 Å². The van der Waals surface area contributed by atoms with Gasteiger partial charge < -0.3 is 10.0 Å². The zero-order valence-electron chi connectivity index (χ0n) is 10.4. The highest BCUT2D eigenvalue weighted by molar-refractivity contribution is 6.29. The topological polar surface area (TPSA) is 66.3 Å². The Balaban J connectivity index is 2.38. The number of hydrogen-bond donors (Lipinski definition) is 1. The standard InChI is InChI=1S/C12H16ClN3O2/c1-12(2)4-3-5-16(10(12)11(17)18)9-7-14-6-8(13)15-9/h6-7,10H,3-5H2,1-2H3,(H,17,18). The Bertz CT molecular complexity index is 464. The lowest BCUT2D eigenvalue weighted by Gasteiger charge is -2.44. The predicted octanol–water partition coefficient (Wildman–Crippen LogP) is 2.21. The molecular weight excluding hydrogens is 254 g/mol. The van der Waals surface area contributed by atoms with Crippen molar-refractivity contribution in [2.24, 2.45) is 5.41 Å². The van der Waals surface area contributed by atoms with E-state index in [0.29, 0.717) is 12.4 Å². The van der Waals surface area contributed by atoms with Gasteiger partial charge >= 0.3 is 5.97 Å². The summed E-state index contributed by atoms with van der Waals surface area (Å²) >= 11 is 5.81. The number of nitrogens with zero attached hydrogens (tertiary/aromatic N) is 3. The summed E-state index contributed by atoms with van der Waals surface area (Å²) in [4.78, 5) is 21.4. The van der Waals surface area contributed by atoms with Crippen molar-refractivity contribution in [2.45, 2.75) is 32.7 Å². The van der Waals surface area contributed by atoms with Gasteiger partial charge in [0, 0.05) is 6.54 Å². The largest absolute Gasteiger partial charge is 0.480 e. The van der Waals surface area contributed by atoms with E-state index in [4.69, 9.17) is 11.6 Å². The van der Waals surface area contributed by atoms with E-state index in [1.165, 1.54) is 6.20 Å². The molecule has 1 fully saturated rings. The van der Waals surface area contributed by atoms with Crippen LogP contribution < -0.4 is 4.90 Å². The molecule has 1 atom stereocenters. The second-order valence-corrected chi connectivity index (χ2v) is 5.61. The van der Waals surface area contributed by atoms with Gasteiger partial charge in [-0.2, -0.15) is 0 Å².